The van der Waals surface area contributed by atoms with Crippen LogP contribution in [0.1, 0.15) is 12.6 Å². The summed E-state index contributed by atoms with van der Waals surface area (Å²) in [6.45, 7) is 6.56. The fourth-order valence-electron chi connectivity index (χ4n) is 5.45. The van der Waals surface area contributed by atoms with Gasteiger partial charge in [-0.3, -0.25) is 14.3 Å². The average molecular weight is 618 g/mol. The van der Waals surface area contributed by atoms with Crippen LogP contribution in [0.15, 0.2) is 65.4 Å². The van der Waals surface area contributed by atoms with E-state index in [9.17, 15) is 14.0 Å². The topological polar surface area (TPSA) is 91.5 Å². The maximum absolute atomic E-state index is 15.9. The van der Waals surface area contributed by atoms with Crippen molar-refractivity contribution in [1.29, 1.82) is 0 Å². The van der Waals surface area contributed by atoms with Crippen LogP contribution in [0.5, 0.6) is 5.75 Å². The molecule has 1 aliphatic heterocycles. The van der Waals surface area contributed by atoms with Crippen LogP contribution >= 0.6 is 11.3 Å². The Kier molecular flexibility index (Phi) is 7.87. The Balaban J connectivity index is 1.64. The highest BCUT2D eigenvalue weighted by atomic mass is 32.1. The number of ether oxygens (including phenoxy) is 2. The van der Waals surface area contributed by atoms with E-state index >= 15 is 4.39 Å². The maximum Gasteiger partial charge on any atom is 0.250 e. The summed E-state index contributed by atoms with van der Waals surface area (Å²) in [6, 6.07) is 8.79. The molecule has 4 aromatic heterocycles. The van der Waals surface area contributed by atoms with Gasteiger partial charge in [-0.25, -0.2) is 13.8 Å². The highest BCUT2D eigenvalue weighted by Crippen LogP contribution is 2.47. The molecule has 5 aromatic rings. The van der Waals surface area contributed by atoms with E-state index in [1.54, 1.807) is 24.2 Å². The fraction of sp³-hybridized carbons (Fsp3) is 0.250. The van der Waals surface area contributed by atoms with Gasteiger partial charge in [0, 0.05) is 65.8 Å². The van der Waals surface area contributed by atoms with E-state index in [0.717, 1.165) is 17.8 Å². The molecule has 1 aromatic carbocycles. The number of rotatable bonds is 8. The summed E-state index contributed by atoms with van der Waals surface area (Å²) in [4.78, 5) is 31.9. The number of carbonyl (C=O) groups is 1. The summed E-state index contributed by atoms with van der Waals surface area (Å²) in [6.07, 6.45) is 2.95. The number of methoxy groups -OCH3 is 1. The number of fused-ring (bicyclic) bond motifs is 2. The van der Waals surface area contributed by atoms with Crippen LogP contribution in [0.3, 0.4) is 0 Å². The summed E-state index contributed by atoms with van der Waals surface area (Å²) in [5.74, 6) is -1.80. The number of amides is 1. The van der Waals surface area contributed by atoms with E-state index in [2.05, 4.69) is 6.58 Å². The van der Waals surface area contributed by atoms with Crippen LogP contribution in [0.2, 0.25) is 0 Å². The third-order valence-electron chi connectivity index (χ3n) is 7.66. The number of aryl methyl sites for hydroxylation is 1. The number of hydrogen-bond donors (Lipinski definition) is 0. The van der Waals surface area contributed by atoms with Crippen molar-refractivity contribution in [2.75, 3.05) is 20.3 Å². The maximum atomic E-state index is 15.9. The van der Waals surface area contributed by atoms with Gasteiger partial charge in [-0.05, 0) is 36.6 Å². The van der Waals surface area contributed by atoms with Crippen molar-refractivity contribution in [1.82, 2.24) is 24.2 Å². The van der Waals surface area contributed by atoms with Crippen molar-refractivity contribution < 1.29 is 23.0 Å². The monoisotopic (exact) mass is 617 g/mol. The first-order valence-corrected chi connectivity index (χ1v) is 14.8. The van der Waals surface area contributed by atoms with Crippen LogP contribution in [0.25, 0.3) is 43.9 Å². The zero-order valence-corrected chi connectivity index (χ0v) is 25.2. The molecule has 1 atom stereocenters. The molecule has 0 aliphatic carbocycles. The van der Waals surface area contributed by atoms with Gasteiger partial charge in [0.15, 0.2) is 0 Å². The molecule has 6 rings (SSSR count). The minimum Gasteiger partial charge on any atom is -0.490 e. The molecule has 0 saturated heterocycles. The van der Waals surface area contributed by atoms with Crippen LogP contribution in [-0.4, -0.2) is 56.5 Å². The van der Waals surface area contributed by atoms with Gasteiger partial charge in [0.2, 0.25) is 5.91 Å². The SMILES string of the molecule is C=CC(=O)N1Cc2cc(-c3nc(-c4ccn(C)c(=O)c4)c4ccsc4c3-c3c(F)cc(F)cc3OCCOC)nn2CC1C. The van der Waals surface area contributed by atoms with E-state index in [4.69, 9.17) is 19.6 Å². The third kappa shape index (κ3) is 5.20. The summed E-state index contributed by atoms with van der Waals surface area (Å²) >= 11 is 1.36. The highest BCUT2D eigenvalue weighted by Gasteiger charge is 2.30. The molecule has 0 N–H and O–H groups in total. The lowest BCUT2D eigenvalue weighted by Crippen LogP contribution is -2.44. The molecule has 5 heterocycles. The summed E-state index contributed by atoms with van der Waals surface area (Å²) in [5.41, 5.74) is 2.83. The molecule has 0 spiro atoms. The molecular formula is C32H29F2N5O4S. The van der Waals surface area contributed by atoms with Crippen molar-refractivity contribution in [3.8, 4) is 39.5 Å². The Morgan fingerprint density at radius 1 is 1.16 bits per heavy atom. The molecule has 12 heteroatoms. The second-order valence-electron chi connectivity index (χ2n) is 10.5. The molecule has 1 unspecified atom stereocenters. The van der Waals surface area contributed by atoms with Crippen molar-refractivity contribution >= 4 is 27.3 Å². The Morgan fingerprint density at radius 3 is 2.73 bits per heavy atom. The highest BCUT2D eigenvalue weighted by molar-refractivity contribution is 7.18. The van der Waals surface area contributed by atoms with Crippen molar-refractivity contribution in [3.05, 3.63) is 88.3 Å². The number of nitrogens with zero attached hydrogens (tertiary/aromatic N) is 5. The van der Waals surface area contributed by atoms with E-state index < -0.39 is 11.6 Å². The Hall–Kier alpha value is -4.68. The quantitative estimate of drug-likeness (QED) is 0.171. The predicted octanol–water partition coefficient (Wildman–Crippen LogP) is 5.41. The van der Waals surface area contributed by atoms with Crippen molar-refractivity contribution in [2.24, 2.45) is 7.05 Å². The number of benzene rings is 1. The van der Waals surface area contributed by atoms with Crippen LogP contribution in [-0.2, 0) is 29.7 Å². The molecule has 1 aliphatic rings. The third-order valence-corrected chi connectivity index (χ3v) is 8.60. The van der Waals surface area contributed by atoms with Crippen molar-refractivity contribution in [2.45, 2.75) is 26.1 Å². The lowest BCUT2D eigenvalue weighted by molar-refractivity contribution is -0.129. The van der Waals surface area contributed by atoms with Gasteiger partial charge in [0.1, 0.15) is 35.4 Å². The molecule has 0 fully saturated rings. The summed E-state index contributed by atoms with van der Waals surface area (Å²) < 4.78 is 45.3. The second kappa shape index (κ2) is 11.8. The molecular weight excluding hydrogens is 588 g/mol. The predicted molar refractivity (Wildman–Crippen MR) is 164 cm³/mol. The normalized spacial score (nSPS) is 14.6. The van der Waals surface area contributed by atoms with Crippen LogP contribution in [0, 0.1) is 11.6 Å². The van der Waals surface area contributed by atoms with E-state index in [-0.39, 0.29) is 42.0 Å². The largest absolute Gasteiger partial charge is 0.490 e. The standard InChI is InChI=1S/C32H29F2N5O4S/c1-5-26(40)38-17-21-15-24(36-39(21)16-18(38)2)31-29(28-23(34)13-20(33)14-25(28)43-10-9-42-4)32-22(7-11-44-32)30(35-31)19-6-8-37(3)27(41)12-19/h5-8,11-15,18H,1,9-10,16-17H2,2-4H3. The number of carbonyl (C=O) groups excluding carboxylic acids is 1. The molecule has 44 heavy (non-hydrogen) atoms. The zero-order valence-electron chi connectivity index (χ0n) is 24.3. The minimum absolute atomic E-state index is 0.000945. The van der Waals surface area contributed by atoms with E-state index in [1.807, 2.05) is 29.1 Å². The van der Waals surface area contributed by atoms with Crippen LogP contribution in [0.4, 0.5) is 8.78 Å². The molecule has 9 nitrogen and oxygen atoms in total. The van der Waals surface area contributed by atoms with Crippen LogP contribution < -0.4 is 10.3 Å². The lowest BCUT2D eigenvalue weighted by Gasteiger charge is -2.33. The Bertz CT molecular complexity index is 1980. The summed E-state index contributed by atoms with van der Waals surface area (Å²) in [7, 11) is 3.17. The number of hydrogen-bond acceptors (Lipinski definition) is 7. The molecule has 0 radical (unpaired) electrons. The molecule has 0 bridgehead atoms. The van der Waals surface area contributed by atoms with Crippen molar-refractivity contribution in [3.63, 3.8) is 0 Å². The second-order valence-corrected chi connectivity index (χ2v) is 11.5. The van der Waals surface area contributed by atoms with Gasteiger partial charge in [-0.2, -0.15) is 5.10 Å². The number of thiophene rings is 1. The van der Waals surface area contributed by atoms with E-state index in [1.165, 1.54) is 35.2 Å². The fourth-order valence-corrected chi connectivity index (χ4v) is 6.40. The molecule has 0 saturated carbocycles. The van der Waals surface area contributed by atoms with Gasteiger partial charge < -0.3 is 18.9 Å². The molecule has 226 valence electrons. The Morgan fingerprint density at radius 2 is 1.98 bits per heavy atom. The minimum atomic E-state index is -0.822. The smallest absolute Gasteiger partial charge is 0.250 e. The first-order chi connectivity index (χ1) is 21.2. The number of aromatic nitrogens is 4. The first-order valence-electron chi connectivity index (χ1n) is 13.9. The van der Waals surface area contributed by atoms with Gasteiger partial charge in [0.25, 0.3) is 5.56 Å². The van der Waals surface area contributed by atoms with Gasteiger partial charge in [0.05, 0.1) is 36.6 Å². The lowest BCUT2D eigenvalue weighted by atomic mass is 9.96. The van der Waals surface area contributed by atoms with Gasteiger partial charge in [-0.15, -0.1) is 11.3 Å². The zero-order chi connectivity index (χ0) is 31.1. The first kappa shape index (κ1) is 29.4. The van der Waals surface area contributed by atoms with Gasteiger partial charge >= 0.3 is 0 Å². The number of pyridine rings is 2. The Labute approximate surface area is 255 Å². The van der Waals surface area contributed by atoms with E-state index in [0.29, 0.717) is 51.4 Å². The molecule has 1 amide bonds. The number of halogens is 2. The summed E-state index contributed by atoms with van der Waals surface area (Å²) in [5, 5.41) is 7.40. The van der Waals surface area contributed by atoms with Gasteiger partial charge in [-0.1, -0.05) is 6.58 Å². The average Bonchev–Trinajstić information content (AvgIpc) is 3.65.